The van der Waals surface area contributed by atoms with E-state index in [0.29, 0.717) is 22.4 Å². The number of aryl methyl sites for hydroxylation is 1. The first kappa shape index (κ1) is 19.0. The predicted octanol–water partition coefficient (Wildman–Crippen LogP) is 3.95. The summed E-state index contributed by atoms with van der Waals surface area (Å²) in [5.41, 5.74) is 2.76. The second kappa shape index (κ2) is 7.84. The third-order valence-corrected chi connectivity index (χ3v) is 4.79. The van der Waals surface area contributed by atoms with Gasteiger partial charge in [-0.05, 0) is 43.2 Å². The van der Waals surface area contributed by atoms with Crippen LogP contribution in [0.1, 0.15) is 23.6 Å². The van der Waals surface area contributed by atoms with Gasteiger partial charge < -0.3 is 15.2 Å². The fourth-order valence-electron chi connectivity index (χ4n) is 2.69. The van der Waals surface area contributed by atoms with Crippen LogP contribution in [0.5, 0.6) is 11.5 Å². The zero-order valence-corrected chi connectivity index (χ0v) is 16.5. The number of hydrogen-bond donors (Lipinski definition) is 2. The van der Waals surface area contributed by atoms with E-state index in [1.807, 2.05) is 38.1 Å². The van der Waals surface area contributed by atoms with Crippen LogP contribution in [0.15, 0.2) is 46.6 Å². The summed E-state index contributed by atoms with van der Waals surface area (Å²) in [4.78, 5) is 26.1. The number of carbonyl (C=O) groups excluding carboxylic acids is 2. The van der Waals surface area contributed by atoms with Crippen LogP contribution in [0.25, 0.3) is 6.08 Å². The molecule has 0 atom stereocenters. The van der Waals surface area contributed by atoms with E-state index in [1.54, 1.807) is 12.1 Å². The summed E-state index contributed by atoms with van der Waals surface area (Å²) in [6.07, 6.45) is 1.56. The van der Waals surface area contributed by atoms with Crippen molar-refractivity contribution in [2.24, 2.45) is 0 Å². The highest BCUT2D eigenvalue weighted by Crippen LogP contribution is 2.34. The second-order valence-electron chi connectivity index (χ2n) is 6.14. The molecule has 7 heteroatoms. The molecule has 0 unspecified atom stereocenters. The van der Waals surface area contributed by atoms with Crippen LogP contribution in [0.3, 0.4) is 0 Å². The van der Waals surface area contributed by atoms with Crippen LogP contribution >= 0.6 is 15.9 Å². The van der Waals surface area contributed by atoms with Crippen LogP contribution < -0.4 is 10.1 Å². The predicted molar refractivity (Wildman–Crippen MR) is 105 cm³/mol. The number of aromatic hydroxyl groups is 1. The number of phenolic OH excluding ortho intramolecular Hbond substituents is 1. The van der Waals surface area contributed by atoms with Crippen molar-refractivity contribution in [1.82, 2.24) is 10.2 Å². The zero-order valence-electron chi connectivity index (χ0n) is 15.0. The minimum absolute atomic E-state index is 0.00587. The van der Waals surface area contributed by atoms with Crippen molar-refractivity contribution in [1.29, 1.82) is 0 Å². The van der Waals surface area contributed by atoms with Crippen molar-refractivity contribution < 1.29 is 19.4 Å². The molecular weight excluding hydrogens is 412 g/mol. The van der Waals surface area contributed by atoms with Gasteiger partial charge >= 0.3 is 6.03 Å². The molecule has 0 bridgehead atoms. The highest BCUT2D eigenvalue weighted by atomic mass is 79.9. The quantitative estimate of drug-likeness (QED) is 0.555. The lowest BCUT2D eigenvalue weighted by atomic mass is 10.1. The van der Waals surface area contributed by atoms with Crippen molar-refractivity contribution in [2.75, 3.05) is 6.61 Å². The van der Waals surface area contributed by atoms with Crippen LogP contribution in [0.4, 0.5) is 4.79 Å². The lowest BCUT2D eigenvalue weighted by Gasteiger charge is -2.12. The topological polar surface area (TPSA) is 78.9 Å². The van der Waals surface area contributed by atoms with Gasteiger partial charge in [-0.15, -0.1) is 0 Å². The fourth-order valence-corrected chi connectivity index (χ4v) is 3.13. The Hall–Kier alpha value is -2.80. The summed E-state index contributed by atoms with van der Waals surface area (Å²) in [5, 5.41) is 12.5. The number of rotatable bonds is 5. The Morgan fingerprint density at radius 2 is 1.93 bits per heavy atom. The van der Waals surface area contributed by atoms with Crippen molar-refractivity contribution >= 4 is 33.9 Å². The first-order chi connectivity index (χ1) is 12.9. The molecule has 3 amide bonds. The number of ether oxygens (including phenoxy) is 1. The molecule has 3 rings (SSSR count). The van der Waals surface area contributed by atoms with Crippen LogP contribution in [-0.2, 0) is 11.3 Å². The average molecular weight is 431 g/mol. The lowest BCUT2D eigenvalue weighted by Crippen LogP contribution is -2.30. The third-order valence-electron chi connectivity index (χ3n) is 4.10. The minimum Gasteiger partial charge on any atom is -0.504 e. The Kier molecular flexibility index (Phi) is 5.51. The molecule has 1 heterocycles. The molecule has 2 N–H and O–H groups in total. The maximum absolute atomic E-state index is 12.7. The molecule has 140 valence electrons. The van der Waals surface area contributed by atoms with Crippen molar-refractivity contribution in [2.45, 2.75) is 20.4 Å². The molecule has 2 aromatic carbocycles. The van der Waals surface area contributed by atoms with Gasteiger partial charge in [0.25, 0.3) is 5.91 Å². The monoisotopic (exact) mass is 430 g/mol. The Morgan fingerprint density at radius 3 is 2.59 bits per heavy atom. The molecular formula is C20H19BrN2O4. The van der Waals surface area contributed by atoms with Gasteiger partial charge in [0.15, 0.2) is 11.5 Å². The molecule has 0 spiro atoms. The highest BCUT2D eigenvalue weighted by Gasteiger charge is 2.33. The van der Waals surface area contributed by atoms with E-state index in [1.165, 1.54) is 6.07 Å². The van der Waals surface area contributed by atoms with Crippen molar-refractivity contribution in [3.63, 3.8) is 0 Å². The normalized spacial score (nSPS) is 15.4. The Bertz CT molecular complexity index is 922. The minimum atomic E-state index is -0.466. The zero-order chi connectivity index (χ0) is 19.6. The van der Waals surface area contributed by atoms with Crippen LogP contribution in [0, 0.1) is 6.92 Å². The second-order valence-corrected chi connectivity index (χ2v) is 6.99. The lowest BCUT2D eigenvalue weighted by molar-refractivity contribution is -0.123. The van der Waals surface area contributed by atoms with Crippen molar-refractivity contribution in [3.05, 3.63) is 63.3 Å². The Balaban J connectivity index is 1.86. The van der Waals surface area contributed by atoms with Gasteiger partial charge in [0, 0.05) is 4.47 Å². The number of nitrogens with zero attached hydrogens (tertiary/aromatic N) is 1. The summed E-state index contributed by atoms with van der Waals surface area (Å²) in [6.45, 7) is 4.38. The van der Waals surface area contributed by atoms with E-state index in [4.69, 9.17) is 4.74 Å². The van der Waals surface area contributed by atoms with E-state index in [9.17, 15) is 14.7 Å². The molecule has 0 aromatic heterocycles. The molecule has 1 saturated heterocycles. The number of carbonyl (C=O) groups is 2. The SMILES string of the molecule is CCOc1cc(/C=C2/NC(=O)N(Cc3ccc(C)cc3)C2=O)c(Br)cc1O. The molecule has 27 heavy (non-hydrogen) atoms. The standard InChI is InChI=1S/C20H19BrN2O4/c1-3-27-18-9-14(15(21)10-17(18)24)8-16-19(25)23(20(26)22-16)11-13-6-4-12(2)5-7-13/h4-10,24H,3,11H2,1-2H3,(H,22,26)/b16-8+. The summed E-state index contributed by atoms with van der Waals surface area (Å²) in [7, 11) is 0. The van der Waals surface area contributed by atoms with Gasteiger partial charge in [-0.25, -0.2) is 4.79 Å². The first-order valence-corrected chi connectivity index (χ1v) is 9.23. The molecule has 1 aliphatic heterocycles. The van der Waals surface area contributed by atoms with Crippen LogP contribution in [-0.4, -0.2) is 28.6 Å². The number of amides is 3. The molecule has 6 nitrogen and oxygen atoms in total. The number of benzene rings is 2. The van der Waals surface area contributed by atoms with E-state index in [-0.39, 0.29) is 18.0 Å². The largest absolute Gasteiger partial charge is 0.504 e. The Labute approximate surface area is 165 Å². The molecule has 2 aromatic rings. The summed E-state index contributed by atoms with van der Waals surface area (Å²) >= 11 is 3.35. The number of hydrogen-bond acceptors (Lipinski definition) is 4. The molecule has 1 aliphatic rings. The molecule has 1 fully saturated rings. The summed E-state index contributed by atoms with van der Waals surface area (Å²) < 4.78 is 5.95. The van der Waals surface area contributed by atoms with E-state index >= 15 is 0 Å². The number of halogens is 1. The van der Waals surface area contributed by atoms with Gasteiger partial charge in [-0.3, -0.25) is 9.69 Å². The maximum atomic E-state index is 12.7. The molecule has 0 saturated carbocycles. The Morgan fingerprint density at radius 1 is 1.22 bits per heavy atom. The number of urea groups is 1. The summed E-state index contributed by atoms with van der Waals surface area (Å²) in [5.74, 6) is -0.104. The molecule has 0 aliphatic carbocycles. The smallest absolute Gasteiger partial charge is 0.329 e. The van der Waals surface area contributed by atoms with Gasteiger partial charge in [0.05, 0.1) is 13.2 Å². The van der Waals surface area contributed by atoms with E-state index < -0.39 is 11.9 Å². The highest BCUT2D eigenvalue weighted by molar-refractivity contribution is 9.10. The molecule has 0 radical (unpaired) electrons. The first-order valence-electron chi connectivity index (χ1n) is 8.44. The third kappa shape index (κ3) is 4.14. The van der Waals surface area contributed by atoms with Gasteiger partial charge in [-0.1, -0.05) is 45.8 Å². The fraction of sp³-hybridized carbons (Fsp3) is 0.200. The maximum Gasteiger partial charge on any atom is 0.329 e. The van der Waals surface area contributed by atoms with E-state index in [0.717, 1.165) is 16.0 Å². The van der Waals surface area contributed by atoms with Crippen LogP contribution in [0.2, 0.25) is 0 Å². The number of nitrogens with one attached hydrogen (secondary N) is 1. The average Bonchev–Trinajstić information content (AvgIpc) is 2.88. The summed E-state index contributed by atoms with van der Waals surface area (Å²) in [6, 6.07) is 10.3. The van der Waals surface area contributed by atoms with Gasteiger partial charge in [0.1, 0.15) is 5.70 Å². The van der Waals surface area contributed by atoms with Gasteiger partial charge in [0.2, 0.25) is 0 Å². The number of phenols is 1. The number of imide groups is 1. The van der Waals surface area contributed by atoms with Crippen molar-refractivity contribution in [3.8, 4) is 11.5 Å². The van der Waals surface area contributed by atoms with Gasteiger partial charge in [-0.2, -0.15) is 0 Å². The van der Waals surface area contributed by atoms with E-state index in [2.05, 4.69) is 21.2 Å².